The molecule has 0 atom stereocenters. The smallest absolute Gasteiger partial charge is 0.234 e. The number of rotatable bonds is 5. The zero-order valence-electron chi connectivity index (χ0n) is 15.2. The van der Waals surface area contributed by atoms with Crippen LogP contribution in [-0.4, -0.2) is 39.6 Å². The number of benzene rings is 2. The summed E-state index contributed by atoms with van der Waals surface area (Å²) in [7, 11) is 1.85. The van der Waals surface area contributed by atoms with Crippen molar-refractivity contribution in [2.45, 2.75) is 5.16 Å². The Morgan fingerprint density at radius 1 is 1.18 bits per heavy atom. The van der Waals surface area contributed by atoms with Gasteiger partial charge in [-0.1, -0.05) is 23.9 Å². The van der Waals surface area contributed by atoms with Crippen LogP contribution in [0.2, 0.25) is 0 Å². The number of hydrogen-bond donors (Lipinski definition) is 2. The summed E-state index contributed by atoms with van der Waals surface area (Å²) >= 11 is 1.31. The Balaban J connectivity index is 1.40. The lowest BCUT2D eigenvalue weighted by molar-refractivity contribution is -0.113. The molecule has 0 bridgehead atoms. The highest BCUT2D eigenvalue weighted by Crippen LogP contribution is 2.32. The maximum atomic E-state index is 12.3. The van der Waals surface area contributed by atoms with Crippen molar-refractivity contribution in [3.05, 3.63) is 42.5 Å². The predicted molar refractivity (Wildman–Crippen MR) is 108 cm³/mol. The van der Waals surface area contributed by atoms with Crippen molar-refractivity contribution < 1.29 is 14.3 Å². The summed E-state index contributed by atoms with van der Waals surface area (Å²) in [5, 5.41) is 11.9. The van der Waals surface area contributed by atoms with Crippen LogP contribution in [0.4, 0.5) is 11.4 Å². The highest BCUT2D eigenvalue weighted by atomic mass is 32.2. The fraction of sp³-hybridized carbons (Fsp3) is 0.211. The number of nitrogen functional groups attached to an aromatic ring is 1. The zero-order valence-corrected chi connectivity index (χ0v) is 16.0. The van der Waals surface area contributed by atoms with E-state index >= 15 is 0 Å². The molecule has 0 radical (unpaired) electrons. The number of hydrogen-bond acceptors (Lipinski definition) is 7. The molecule has 1 amide bonds. The number of nitrogens with one attached hydrogen (secondary N) is 1. The third-order valence-corrected chi connectivity index (χ3v) is 5.22. The van der Waals surface area contributed by atoms with Crippen molar-refractivity contribution in [1.82, 2.24) is 14.8 Å². The third-order valence-electron chi connectivity index (χ3n) is 4.19. The van der Waals surface area contributed by atoms with Gasteiger partial charge < -0.3 is 25.1 Å². The summed E-state index contributed by atoms with van der Waals surface area (Å²) in [6.07, 6.45) is 0. The molecule has 1 aliphatic heterocycles. The molecule has 144 valence electrons. The van der Waals surface area contributed by atoms with E-state index in [2.05, 4.69) is 15.5 Å². The monoisotopic (exact) mass is 397 g/mol. The molecule has 2 heterocycles. The fourth-order valence-corrected chi connectivity index (χ4v) is 3.54. The molecule has 9 heteroatoms. The first kappa shape index (κ1) is 18.2. The van der Waals surface area contributed by atoms with Gasteiger partial charge in [0.05, 0.1) is 5.75 Å². The second-order valence-corrected chi connectivity index (χ2v) is 7.09. The van der Waals surface area contributed by atoms with Crippen LogP contribution >= 0.6 is 11.8 Å². The quantitative estimate of drug-likeness (QED) is 0.504. The van der Waals surface area contributed by atoms with Gasteiger partial charge in [-0.3, -0.25) is 4.79 Å². The van der Waals surface area contributed by atoms with Gasteiger partial charge in [-0.2, -0.15) is 0 Å². The summed E-state index contributed by atoms with van der Waals surface area (Å²) in [5.74, 6) is 2.03. The lowest BCUT2D eigenvalue weighted by atomic mass is 10.2. The van der Waals surface area contributed by atoms with Gasteiger partial charge in [0.2, 0.25) is 5.91 Å². The molecule has 1 aliphatic rings. The normalized spacial score (nSPS) is 12.6. The molecule has 4 rings (SSSR count). The number of carbonyl (C=O) groups excluding carboxylic acids is 1. The van der Waals surface area contributed by atoms with E-state index in [-0.39, 0.29) is 11.7 Å². The van der Waals surface area contributed by atoms with Crippen LogP contribution in [0.3, 0.4) is 0 Å². The number of para-hydroxylation sites is 1. The van der Waals surface area contributed by atoms with Gasteiger partial charge in [0.1, 0.15) is 13.2 Å². The van der Waals surface area contributed by atoms with Crippen LogP contribution in [-0.2, 0) is 11.8 Å². The molecule has 3 N–H and O–H groups in total. The first-order valence-corrected chi connectivity index (χ1v) is 9.67. The Labute approximate surface area is 166 Å². The second-order valence-electron chi connectivity index (χ2n) is 6.15. The number of anilines is 2. The van der Waals surface area contributed by atoms with Gasteiger partial charge in [0.25, 0.3) is 0 Å². The average Bonchev–Trinajstić information content (AvgIpc) is 3.07. The van der Waals surface area contributed by atoms with Crippen molar-refractivity contribution in [2.24, 2.45) is 7.05 Å². The Bertz CT molecular complexity index is 1020. The van der Waals surface area contributed by atoms with E-state index in [1.165, 1.54) is 11.8 Å². The van der Waals surface area contributed by atoms with Gasteiger partial charge in [0.15, 0.2) is 22.5 Å². The first-order valence-electron chi connectivity index (χ1n) is 8.68. The van der Waals surface area contributed by atoms with Crippen LogP contribution in [0.25, 0.3) is 11.4 Å². The maximum absolute atomic E-state index is 12.3. The molecule has 8 nitrogen and oxygen atoms in total. The highest BCUT2D eigenvalue weighted by Gasteiger charge is 2.16. The number of ether oxygens (including phenoxy) is 2. The van der Waals surface area contributed by atoms with Crippen molar-refractivity contribution in [3.8, 4) is 22.9 Å². The van der Waals surface area contributed by atoms with Crippen LogP contribution in [0, 0.1) is 0 Å². The number of carbonyl (C=O) groups is 1. The van der Waals surface area contributed by atoms with Gasteiger partial charge in [-0.05, 0) is 24.3 Å². The number of amides is 1. The molecule has 3 aromatic rings. The minimum Gasteiger partial charge on any atom is -0.486 e. The molecule has 0 saturated carbocycles. The lowest BCUT2D eigenvalue weighted by Gasteiger charge is -2.18. The Hall–Kier alpha value is -3.20. The third kappa shape index (κ3) is 3.74. The molecule has 0 unspecified atom stereocenters. The molecular weight excluding hydrogens is 378 g/mol. The largest absolute Gasteiger partial charge is 0.486 e. The zero-order chi connectivity index (χ0) is 19.5. The topological polar surface area (TPSA) is 104 Å². The van der Waals surface area contributed by atoms with Gasteiger partial charge in [-0.25, -0.2) is 0 Å². The van der Waals surface area contributed by atoms with Gasteiger partial charge in [-0.15, -0.1) is 10.2 Å². The number of fused-ring (bicyclic) bond motifs is 1. The summed E-state index contributed by atoms with van der Waals surface area (Å²) < 4.78 is 12.8. The number of thioether (sulfide) groups is 1. The van der Waals surface area contributed by atoms with Crippen molar-refractivity contribution >= 4 is 29.0 Å². The van der Waals surface area contributed by atoms with E-state index < -0.39 is 0 Å². The SMILES string of the molecule is Cn1c(SCC(=O)Nc2ccc3c(c2)OCCO3)nnc1-c1ccccc1N. The van der Waals surface area contributed by atoms with Crippen LogP contribution in [0.15, 0.2) is 47.6 Å². The number of nitrogens with two attached hydrogens (primary N) is 1. The van der Waals surface area contributed by atoms with Crippen LogP contribution < -0.4 is 20.5 Å². The molecule has 28 heavy (non-hydrogen) atoms. The van der Waals surface area contributed by atoms with E-state index in [0.717, 1.165) is 5.56 Å². The predicted octanol–water partition coefficient (Wildman–Crippen LogP) is 2.57. The molecular formula is C19H19N5O3S. The number of aromatic nitrogens is 3. The Morgan fingerprint density at radius 3 is 2.79 bits per heavy atom. The van der Waals surface area contributed by atoms with E-state index in [4.69, 9.17) is 15.2 Å². The number of nitrogens with zero attached hydrogens (tertiary/aromatic N) is 3. The molecule has 2 aromatic carbocycles. The summed E-state index contributed by atoms with van der Waals surface area (Å²) in [6, 6.07) is 12.8. The second kappa shape index (κ2) is 7.81. The molecule has 0 fully saturated rings. The first-order chi connectivity index (χ1) is 13.6. The van der Waals surface area contributed by atoms with Crippen LogP contribution in [0.5, 0.6) is 11.5 Å². The summed E-state index contributed by atoms with van der Waals surface area (Å²) in [5.41, 5.74) is 8.11. The fourth-order valence-electron chi connectivity index (χ4n) is 2.82. The van der Waals surface area contributed by atoms with Crippen molar-refractivity contribution in [1.29, 1.82) is 0 Å². The van der Waals surface area contributed by atoms with E-state index in [1.807, 2.05) is 35.9 Å². The highest BCUT2D eigenvalue weighted by molar-refractivity contribution is 7.99. The Kier molecular flexibility index (Phi) is 5.07. The molecule has 1 aromatic heterocycles. The minimum absolute atomic E-state index is 0.148. The van der Waals surface area contributed by atoms with Crippen molar-refractivity contribution in [3.63, 3.8) is 0 Å². The van der Waals surface area contributed by atoms with Gasteiger partial charge in [0, 0.05) is 30.1 Å². The van der Waals surface area contributed by atoms with E-state index in [1.54, 1.807) is 18.2 Å². The lowest BCUT2D eigenvalue weighted by Crippen LogP contribution is -2.17. The molecule has 0 aliphatic carbocycles. The van der Waals surface area contributed by atoms with E-state index in [9.17, 15) is 4.79 Å². The van der Waals surface area contributed by atoms with Crippen molar-refractivity contribution in [2.75, 3.05) is 30.0 Å². The van der Waals surface area contributed by atoms with E-state index in [0.29, 0.717) is 47.1 Å². The average molecular weight is 397 g/mol. The molecule has 0 saturated heterocycles. The minimum atomic E-state index is -0.148. The standard InChI is InChI=1S/C19H19N5O3S/c1-24-18(13-4-2-3-5-14(13)20)22-23-19(24)28-11-17(25)21-12-6-7-15-16(10-12)27-9-8-26-15/h2-7,10H,8-9,11,20H2,1H3,(H,21,25). The van der Waals surface area contributed by atoms with Crippen LogP contribution in [0.1, 0.15) is 0 Å². The summed E-state index contributed by atoms with van der Waals surface area (Å²) in [4.78, 5) is 12.3. The Morgan fingerprint density at radius 2 is 1.96 bits per heavy atom. The van der Waals surface area contributed by atoms with Gasteiger partial charge >= 0.3 is 0 Å². The maximum Gasteiger partial charge on any atom is 0.234 e. The summed E-state index contributed by atoms with van der Waals surface area (Å²) in [6.45, 7) is 1.03. The molecule has 0 spiro atoms.